The first-order valence-corrected chi connectivity index (χ1v) is 21.7. The Bertz CT molecular complexity index is 491. The number of hydrogen-bond donors (Lipinski definition) is 0. The fraction of sp³-hybridized carbons (Fsp3) is 1.00. The zero-order valence-electron chi connectivity index (χ0n) is 23.1. The molecule has 0 aromatic carbocycles. The van der Waals surface area contributed by atoms with E-state index < -0.39 is 24.7 Å². The van der Waals surface area contributed by atoms with Crippen LogP contribution in [0.4, 0.5) is 0 Å². The molecule has 0 rings (SSSR count). The fourth-order valence-electron chi connectivity index (χ4n) is 4.00. The summed E-state index contributed by atoms with van der Waals surface area (Å²) in [5, 5.41) is -0.209. The van der Waals surface area contributed by atoms with E-state index in [2.05, 4.69) is 92.8 Å². The maximum absolute atomic E-state index is 7.11. The molecule has 3 nitrogen and oxygen atoms in total. The Morgan fingerprint density at radius 2 is 1.17 bits per heavy atom. The Labute approximate surface area is 194 Å². The second-order valence-corrected chi connectivity index (χ2v) is 26.4. The van der Waals surface area contributed by atoms with Gasteiger partial charge in [0, 0.05) is 5.22 Å². The third kappa shape index (κ3) is 9.99. The molecule has 0 fully saturated rings. The van der Waals surface area contributed by atoms with Crippen molar-refractivity contribution in [3.63, 3.8) is 0 Å². The molecule has 0 aromatic rings. The molecule has 0 saturated carbocycles. The fourth-order valence-corrected chi connectivity index (χ4v) is 13.5. The Kier molecular flexibility index (Phi) is 12.3. The molecule has 0 aromatic heterocycles. The van der Waals surface area contributed by atoms with E-state index in [1.165, 1.54) is 57.3 Å². The van der Waals surface area contributed by atoms with Gasteiger partial charge in [-0.25, -0.2) is 0 Å². The molecule has 0 aliphatic carbocycles. The molecule has 6 heteroatoms. The van der Waals surface area contributed by atoms with Crippen molar-refractivity contribution in [2.24, 2.45) is 0 Å². The molecule has 0 heterocycles. The molecule has 0 unspecified atom stereocenters. The highest BCUT2D eigenvalue weighted by Gasteiger charge is 2.51. The number of unbranched alkanes of at least 4 members (excludes halogenated alkanes) is 2. The average Bonchev–Trinajstić information content (AvgIpc) is 2.55. The highest BCUT2D eigenvalue weighted by Crippen LogP contribution is 2.38. The van der Waals surface area contributed by atoms with Crippen LogP contribution in [0.5, 0.6) is 0 Å². The minimum absolute atomic E-state index is 0.0412. The minimum atomic E-state index is -2.07. The molecule has 0 N–H and O–H groups in total. The summed E-state index contributed by atoms with van der Waals surface area (Å²) in [6.45, 7) is 30.9. The summed E-state index contributed by atoms with van der Waals surface area (Å²) < 4.78 is 14.0. The molecule has 0 spiro atoms. The quantitative estimate of drug-likeness (QED) is 0.213. The van der Waals surface area contributed by atoms with E-state index in [-0.39, 0.29) is 10.4 Å². The third-order valence-electron chi connectivity index (χ3n) is 7.49. The van der Waals surface area contributed by atoms with Gasteiger partial charge in [-0.3, -0.25) is 0 Å². The molecule has 0 aliphatic rings. The summed E-state index contributed by atoms with van der Waals surface area (Å²) in [5.41, 5.74) is 0. The van der Waals surface area contributed by atoms with E-state index >= 15 is 0 Å². The monoisotopic (exact) mass is 475 g/mol. The van der Waals surface area contributed by atoms with Crippen molar-refractivity contribution in [3.05, 3.63) is 0 Å². The van der Waals surface area contributed by atoms with Crippen LogP contribution in [0.1, 0.15) is 73.6 Å². The van der Waals surface area contributed by atoms with Crippen LogP contribution in [0, 0.1) is 0 Å². The van der Waals surface area contributed by atoms with Crippen LogP contribution < -0.4 is 0 Å². The number of nitrogens with zero attached hydrogens (tertiary/aromatic N) is 1. The topological polar surface area (TPSA) is 21.7 Å². The van der Waals surface area contributed by atoms with Crippen molar-refractivity contribution in [1.82, 2.24) is 4.90 Å². The number of rotatable bonds is 16. The minimum Gasteiger partial charge on any atom is -0.412 e. The molecule has 182 valence electrons. The van der Waals surface area contributed by atoms with Gasteiger partial charge in [-0.1, -0.05) is 52.2 Å². The molecule has 0 amide bonds. The first kappa shape index (κ1) is 30.5. The van der Waals surface area contributed by atoms with Crippen molar-refractivity contribution < 1.29 is 8.85 Å². The van der Waals surface area contributed by atoms with Crippen LogP contribution in [-0.2, 0) is 8.85 Å². The molecule has 30 heavy (non-hydrogen) atoms. The molecular weight excluding hydrogens is 419 g/mol. The lowest BCUT2D eigenvalue weighted by Crippen LogP contribution is -2.65. The standard InChI is InChI=1S/C24H57NO2Si3/c1-14-16-19-25(7)20-18-21-28(8,9)23(3,4)27-30(12,13)24(5,6)26-29(10,11)22-17-15-2/h14-22H2,1-13H3. The van der Waals surface area contributed by atoms with Crippen molar-refractivity contribution >= 4 is 24.7 Å². The zero-order chi connectivity index (χ0) is 23.9. The van der Waals surface area contributed by atoms with Crippen LogP contribution in [0.15, 0.2) is 0 Å². The van der Waals surface area contributed by atoms with Gasteiger partial charge in [0.1, 0.15) is 0 Å². The van der Waals surface area contributed by atoms with Gasteiger partial charge in [-0.05, 0) is 92.9 Å². The van der Waals surface area contributed by atoms with Crippen LogP contribution in [0.2, 0.25) is 51.4 Å². The molecule has 0 atom stereocenters. The largest absolute Gasteiger partial charge is 0.412 e. The van der Waals surface area contributed by atoms with E-state index in [9.17, 15) is 0 Å². The molecule has 0 bridgehead atoms. The van der Waals surface area contributed by atoms with Crippen LogP contribution in [0.3, 0.4) is 0 Å². The summed E-state index contributed by atoms with van der Waals surface area (Å²) in [6, 6.07) is 2.56. The van der Waals surface area contributed by atoms with Crippen molar-refractivity contribution in [1.29, 1.82) is 0 Å². The first-order chi connectivity index (χ1) is 13.4. The maximum atomic E-state index is 7.11. The second kappa shape index (κ2) is 12.1. The van der Waals surface area contributed by atoms with Crippen LogP contribution in [-0.4, -0.2) is 60.2 Å². The summed E-state index contributed by atoms with van der Waals surface area (Å²) in [6.07, 6.45) is 6.39. The van der Waals surface area contributed by atoms with E-state index in [0.717, 1.165) is 0 Å². The van der Waals surface area contributed by atoms with Gasteiger partial charge in [0.15, 0.2) is 8.32 Å². The Morgan fingerprint density at radius 3 is 1.67 bits per heavy atom. The van der Waals surface area contributed by atoms with Gasteiger partial charge in [0.05, 0.1) is 13.3 Å². The van der Waals surface area contributed by atoms with Crippen molar-refractivity contribution in [2.45, 2.75) is 135 Å². The lowest BCUT2D eigenvalue weighted by atomic mass is 10.3. The second-order valence-electron chi connectivity index (χ2n) is 12.2. The van der Waals surface area contributed by atoms with Gasteiger partial charge in [0.25, 0.3) is 0 Å². The summed E-state index contributed by atoms with van der Waals surface area (Å²) in [5.74, 6) is 0. The summed E-state index contributed by atoms with van der Waals surface area (Å²) in [4.78, 5) is 2.50. The van der Waals surface area contributed by atoms with Crippen LogP contribution in [0.25, 0.3) is 0 Å². The van der Waals surface area contributed by atoms with E-state index in [4.69, 9.17) is 8.85 Å². The lowest BCUT2D eigenvalue weighted by Gasteiger charge is -2.51. The predicted molar refractivity (Wildman–Crippen MR) is 144 cm³/mol. The normalized spacial score (nSPS) is 14.6. The average molecular weight is 476 g/mol. The Morgan fingerprint density at radius 1 is 0.667 bits per heavy atom. The molecular formula is C24H57NO2Si3. The SMILES string of the molecule is CCCCN(C)CCC[Si](C)(C)C(C)(C)O[Si](C)(C)C(C)(C)O[Si](C)(C)CCCC. The first-order valence-electron chi connectivity index (χ1n) is 12.5. The Balaban J connectivity index is 5.09. The third-order valence-corrected chi connectivity index (χ3v) is 19.5. The summed E-state index contributed by atoms with van der Waals surface area (Å²) >= 11 is 0. The van der Waals surface area contributed by atoms with Crippen molar-refractivity contribution in [3.8, 4) is 0 Å². The van der Waals surface area contributed by atoms with E-state index in [0.29, 0.717) is 0 Å². The molecule has 0 saturated heterocycles. The Hall–Kier alpha value is 0.531. The van der Waals surface area contributed by atoms with Gasteiger partial charge in [-0.2, -0.15) is 0 Å². The van der Waals surface area contributed by atoms with Gasteiger partial charge in [-0.15, -0.1) is 0 Å². The van der Waals surface area contributed by atoms with Gasteiger partial charge >= 0.3 is 0 Å². The molecule has 0 aliphatic heterocycles. The van der Waals surface area contributed by atoms with E-state index in [1.54, 1.807) is 0 Å². The smallest absolute Gasteiger partial charge is 0.216 e. The van der Waals surface area contributed by atoms with Crippen molar-refractivity contribution in [2.75, 3.05) is 20.1 Å². The maximum Gasteiger partial charge on any atom is 0.216 e. The predicted octanol–water partition coefficient (Wildman–Crippen LogP) is 7.70. The number of hydrogen-bond acceptors (Lipinski definition) is 3. The van der Waals surface area contributed by atoms with Gasteiger partial charge in [0.2, 0.25) is 8.32 Å². The zero-order valence-corrected chi connectivity index (χ0v) is 26.1. The van der Waals surface area contributed by atoms with Crippen LogP contribution >= 0.6 is 0 Å². The lowest BCUT2D eigenvalue weighted by molar-refractivity contribution is 0.0981. The molecule has 0 radical (unpaired) electrons. The van der Waals surface area contributed by atoms with E-state index in [1.807, 2.05) is 0 Å². The van der Waals surface area contributed by atoms with Gasteiger partial charge < -0.3 is 13.8 Å². The highest BCUT2D eigenvalue weighted by molar-refractivity contribution is 6.82. The summed E-state index contributed by atoms with van der Waals surface area (Å²) in [7, 11) is -3.03. The highest BCUT2D eigenvalue weighted by atomic mass is 28.4.